The van der Waals surface area contributed by atoms with Gasteiger partial charge >= 0.3 is 6.03 Å². The topological polar surface area (TPSA) is 83.1 Å². The number of carbonyl (C=O) groups is 2. The first kappa shape index (κ1) is 16.4. The summed E-state index contributed by atoms with van der Waals surface area (Å²) < 4.78 is 12.8. The van der Waals surface area contributed by atoms with Crippen molar-refractivity contribution in [3.8, 4) is 0 Å². The highest BCUT2D eigenvalue weighted by atomic mass is 19.1. The average Bonchev–Trinajstić information content (AvgIpc) is 2.56. The molecule has 23 heavy (non-hydrogen) atoms. The Morgan fingerprint density at radius 2 is 1.74 bits per heavy atom. The predicted molar refractivity (Wildman–Crippen MR) is 82.6 cm³/mol. The number of nitrogens with one attached hydrogen (secondary N) is 3. The quantitative estimate of drug-likeness (QED) is 0.753. The summed E-state index contributed by atoms with van der Waals surface area (Å²) >= 11 is 0. The molecule has 2 aromatic rings. The lowest BCUT2D eigenvalue weighted by Gasteiger charge is -2.15. The number of halogens is 1. The number of nitrogens with zero attached hydrogens (tertiary/aromatic N) is 1. The molecule has 3 amide bonds. The number of aromatic nitrogens is 1. The van der Waals surface area contributed by atoms with Crippen LogP contribution < -0.4 is 16.2 Å². The molecule has 120 valence electrons. The van der Waals surface area contributed by atoms with E-state index in [-0.39, 0.29) is 18.3 Å². The van der Waals surface area contributed by atoms with Crippen molar-refractivity contribution in [3.63, 3.8) is 0 Å². The Bertz CT molecular complexity index is 662. The molecular formula is C16H17FN4O2. The molecule has 0 bridgehead atoms. The van der Waals surface area contributed by atoms with Gasteiger partial charge in [-0.3, -0.25) is 15.2 Å². The van der Waals surface area contributed by atoms with Crippen LogP contribution in [0.25, 0.3) is 0 Å². The van der Waals surface area contributed by atoms with Crippen LogP contribution in [-0.4, -0.2) is 16.9 Å². The van der Waals surface area contributed by atoms with Crippen molar-refractivity contribution in [2.24, 2.45) is 0 Å². The van der Waals surface area contributed by atoms with Crippen LogP contribution in [0, 0.1) is 5.82 Å². The fraction of sp³-hybridized carbons (Fsp3) is 0.188. The number of hydrogen-bond acceptors (Lipinski definition) is 3. The zero-order valence-corrected chi connectivity index (χ0v) is 12.5. The second-order valence-electron chi connectivity index (χ2n) is 4.95. The van der Waals surface area contributed by atoms with E-state index in [1.807, 2.05) is 6.92 Å². The monoisotopic (exact) mass is 316 g/mol. The minimum Gasteiger partial charge on any atom is -0.330 e. The normalized spacial score (nSPS) is 11.4. The highest BCUT2D eigenvalue weighted by molar-refractivity contribution is 5.82. The summed E-state index contributed by atoms with van der Waals surface area (Å²) in [4.78, 5) is 27.3. The van der Waals surface area contributed by atoms with Crippen LogP contribution in [0.5, 0.6) is 0 Å². The van der Waals surface area contributed by atoms with Crippen molar-refractivity contribution in [3.05, 3.63) is 65.7 Å². The first-order chi connectivity index (χ1) is 11.0. The Balaban J connectivity index is 1.75. The molecule has 7 heteroatoms. The second-order valence-corrected chi connectivity index (χ2v) is 4.95. The lowest BCUT2D eigenvalue weighted by molar-refractivity contribution is -0.121. The number of urea groups is 1. The van der Waals surface area contributed by atoms with E-state index in [9.17, 15) is 14.0 Å². The third-order valence-electron chi connectivity index (χ3n) is 3.15. The van der Waals surface area contributed by atoms with Gasteiger partial charge in [-0.25, -0.2) is 14.6 Å². The maximum absolute atomic E-state index is 12.8. The third kappa shape index (κ3) is 5.39. The van der Waals surface area contributed by atoms with Gasteiger partial charge in [-0.15, -0.1) is 0 Å². The summed E-state index contributed by atoms with van der Waals surface area (Å²) in [5.74, 6) is -0.764. The molecule has 0 aliphatic rings. The first-order valence-corrected chi connectivity index (χ1v) is 7.04. The van der Waals surface area contributed by atoms with E-state index in [1.165, 1.54) is 24.3 Å². The van der Waals surface area contributed by atoms with Gasteiger partial charge in [-0.1, -0.05) is 12.1 Å². The highest BCUT2D eigenvalue weighted by Gasteiger charge is 2.10. The molecule has 0 saturated carbocycles. The Hall–Kier alpha value is -2.96. The minimum atomic E-state index is -0.526. The predicted octanol–water partition coefficient (Wildman–Crippen LogP) is 1.85. The van der Waals surface area contributed by atoms with Crippen LogP contribution in [-0.2, 0) is 11.2 Å². The SMILES string of the molecule is CC(NC(=O)NNC(=O)Cc1ccc(F)cc1)c1ccncc1. The molecule has 1 aromatic carbocycles. The Morgan fingerprint density at radius 1 is 1.09 bits per heavy atom. The van der Waals surface area contributed by atoms with Crippen LogP contribution in [0.1, 0.15) is 24.1 Å². The molecule has 0 saturated heterocycles. The van der Waals surface area contributed by atoms with Crippen LogP contribution in [0.2, 0.25) is 0 Å². The minimum absolute atomic E-state index is 0.0421. The van der Waals surface area contributed by atoms with E-state index in [2.05, 4.69) is 21.2 Å². The molecule has 6 nitrogen and oxygen atoms in total. The lowest BCUT2D eigenvalue weighted by atomic mass is 10.1. The molecule has 0 radical (unpaired) electrons. The zero-order valence-electron chi connectivity index (χ0n) is 12.5. The number of benzene rings is 1. The van der Waals surface area contributed by atoms with Crippen molar-refractivity contribution in [1.29, 1.82) is 0 Å². The van der Waals surface area contributed by atoms with Gasteiger partial charge in [0.2, 0.25) is 5.91 Å². The maximum atomic E-state index is 12.8. The number of amides is 3. The van der Waals surface area contributed by atoms with Crippen molar-refractivity contribution >= 4 is 11.9 Å². The molecule has 1 aromatic heterocycles. The van der Waals surface area contributed by atoms with Gasteiger partial charge in [-0.2, -0.15) is 0 Å². The van der Waals surface area contributed by atoms with Crippen molar-refractivity contribution in [2.45, 2.75) is 19.4 Å². The summed E-state index contributed by atoms with van der Waals surface area (Å²) in [7, 11) is 0. The van der Waals surface area contributed by atoms with Crippen LogP contribution in [0.4, 0.5) is 9.18 Å². The molecule has 3 N–H and O–H groups in total. The van der Waals surface area contributed by atoms with Gasteiger partial charge in [0.05, 0.1) is 12.5 Å². The fourth-order valence-corrected chi connectivity index (χ4v) is 1.93. The van der Waals surface area contributed by atoms with Crippen molar-refractivity contribution < 1.29 is 14.0 Å². The summed E-state index contributed by atoms with van der Waals surface area (Å²) in [6.45, 7) is 1.81. The Labute approximate surface area is 133 Å². The van der Waals surface area contributed by atoms with Gasteiger partial charge in [0, 0.05) is 12.4 Å². The number of carbonyl (C=O) groups excluding carboxylic acids is 2. The van der Waals surface area contributed by atoms with E-state index in [1.54, 1.807) is 24.5 Å². The Kier molecular flexibility index (Phi) is 5.62. The molecule has 1 unspecified atom stereocenters. The molecule has 1 heterocycles. The van der Waals surface area contributed by atoms with Gasteiger partial charge < -0.3 is 5.32 Å². The summed E-state index contributed by atoms with van der Waals surface area (Å²) in [6, 6.07) is 8.41. The number of hydrazine groups is 1. The number of hydrogen-bond donors (Lipinski definition) is 3. The van der Waals surface area contributed by atoms with E-state index >= 15 is 0 Å². The van der Waals surface area contributed by atoms with Crippen LogP contribution in [0.15, 0.2) is 48.8 Å². The standard InChI is InChI=1S/C16H17FN4O2/c1-11(13-6-8-18-9-7-13)19-16(23)21-20-15(22)10-12-2-4-14(17)5-3-12/h2-9,11H,10H2,1H3,(H,20,22)(H2,19,21,23). The molecule has 0 fully saturated rings. The van der Waals surface area contributed by atoms with E-state index in [0.29, 0.717) is 5.56 Å². The van der Waals surface area contributed by atoms with Crippen molar-refractivity contribution in [1.82, 2.24) is 21.2 Å². The van der Waals surface area contributed by atoms with Crippen LogP contribution >= 0.6 is 0 Å². The third-order valence-corrected chi connectivity index (χ3v) is 3.15. The highest BCUT2D eigenvalue weighted by Crippen LogP contribution is 2.09. The van der Waals surface area contributed by atoms with Gasteiger partial charge in [0.1, 0.15) is 5.82 Å². The molecular weight excluding hydrogens is 299 g/mol. The lowest BCUT2D eigenvalue weighted by Crippen LogP contribution is -2.47. The first-order valence-electron chi connectivity index (χ1n) is 7.04. The molecule has 2 rings (SSSR count). The van der Waals surface area contributed by atoms with Gasteiger partial charge in [0.25, 0.3) is 0 Å². The average molecular weight is 316 g/mol. The smallest absolute Gasteiger partial charge is 0.330 e. The number of rotatable bonds is 4. The number of pyridine rings is 1. The fourth-order valence-electron chi connectivity index (χ4n) is 1.93. The summed E-state index contributed by atoms with van der Waals surface area (Å²) in [5.41, 5.74) is 6.12. The van der Waals surface area contributed by atoms with E-state index in [0.717, 1.165) is 5.56 Å². The summed E-state index contributed by atoms with van der Waals surface area (Å²) in [6.07, 6.45) is 3.31. The Morgan fingerprint density at radius 3 is 2.39 bits per heavy atom. The summed E-state index contributed by atoms with van der Waals surface area (Å²) in [5, 5.41) is 2.68. The molecule has 0 aliphatic heterocycles. The van der Waals surface area contributed by atoms with Crippen LogP contribution in [0.3, 0.4) is 0 Å². The molecule has 1 atom stereocenters. The zero-order chi connectivity index (χ0) is 16.7. The van der Waals surface area contributed by atoms with Gasteiger partial charge in [0.15, 0.2) is 0 Å². The van der Waals surface area contributed by atoms with Gasteiger partial charge in [-0.05, 0) is 42.3 Å². The molecule has 0 spiro atoms. The molecule has 0 aliphatic carbocycles. The van der Waals surface area contributed by atoms with E-state index in [4.69, 9.17) is 0 Å². The maximum Gasteiger partial charge on any atom is 0.333 e. The van der Waals surface area contributed by atoms with E-state index < -0.39 is 11.9 Å². The van der Waals surface area contributed by atoms with Crippen molar-refractivity contribution in [2.75, 3.05) is 0 Å². The largest absolute Gasteiger partial charge is 0.333 e. The second kappa shape index (κ2) is 7.88.